The van der Waals surface area contributed by atoms with Crippen LogP contribution in [0.4, 0.5) is 0 Å². The molecule has 0 radical (unpaired) electrons. The molecule has 2 atom stereocenters. The highest BCUT2D eigenvalue weighted by atomic mass is 35.5. The largest absolute Gasteiger partial charge is 0.345 e. The smallest absolute Gasteiger partial charge is 0.243 e. The fourth-order valence-corrected chi connectivity index (χ4v) is 2.65. The van der Waals surface area contributed by atoms with E-state index in [1.54, 1.807) is 11.0 Å². The third-order valence-electron chi connectivity index (χ3n) is 3.82. The minimum absolute atomic E-state index is 0.0604. The molecule has 2 rings (SSSR count). The molecule has 2 amide bonds. The third-order valence-corrected chi connectivity index (χ3v) is 4.19. The topological polar surface area (TPSA) is 49.4 Å². The molecular weight excluding hydrogens is 276 g/mol. The second-order valence-electron chi connectivity index (χ2n) is 5.16. The van der Waals surface area contributed by atoms with Gasteiger partial charge in [0.15, 0.2) is 0 Å². The molecule has 0 saturated carbocycles. The van der Waals surface area contributed by atoms with Gasteiger partial charge in [0.25, 0.3) is 0 Å². The number of carbonyl (C=O) groups excluding carboxylic acids is 2. The molecule has 1 aromatic rings. The zero-order chi connectivity index (χ0) is 14.7. The van der Waals surface area contributed by atoms with Crippen molar-refractivity contribution in [1.82, 2.24) is 10.2 Å². The van der Waals surface area contributed by atoms with Crippen LogP contribution in [-0.2, 0) is 16.1 Å². The lowest BCUT2D eigenvalue weighted by Crippen LogP contribution is -2.60. The van der Waals surface area contributed by atoms with Gasteiger partial charge in [-0.25, -0.2) is 0 Å². The fraction of sp³-hybridized carbons (Fsp3) is 0.467. The van der Waals surface area contributed by atoms with Crippen molar-refractivity contribution in [1.29, 1.82) is 0 Å². The molecule has 1 fully saturated rings. The van der Waals surface area contributed by atoms with E-state index >= 15 is 0 Å². The first-order valence-electron chi connectivity index (χ1n) is 6.85. The Bertz CT molecular complexity index is 518. The van der Waals surface area contributed by atoms with Crippen molar-refractivity contribution in [2.24, 2.45) is 5.92 Å². The van der Waals surface area contributed by atoms with Crippen molar-refractivity contribution in [3.05, 3.63) is 34.9 Å². The summed E-state index contributed by atoms with van der Waals surface area (Å²) in [5, 5.41) is 3.28. The lowest BCUT2D eigenvalue weighted by molar-refractivity contribution is -0.148. The van der Waals surface area contributed by atoms with E-state index in [1.807, 2.05) is 32.0 Å². The summed E-state index contributed by atoms with van der Waals surface area (Å²) in [6.07, 6.45) is 0.838. The predicted octanol–water partition coefficient (Wildman–Crippen LogP) is 2.21. The first kappa shape index (κ1) is 14.9. The molecule has 0 aliphatic carbocycles. The Morgan fingerprint density at radius 2 is 2.10 bits per heavy atom. The summed E-state index contributed by atoms with van der Waals surface area (Å²) in [6, 6.07) is 6.99. The molecule has 1 saturated heterocycles. The number of nitrogens with one attached hydrogen (secondary N) is 1. The van der Waals surface area contributed by atoms with Crippen molar-refractivity contribution >= 4 is 23.4 Å². The van der Waals surface area contributed by atoms with Crippen LogP contribution in [0.1, 0.15) is 25.8 Å². The number of piperazine rings is 1. The molecule has 1 aliphatic rings. The number of halogens is 1. The molecule has 4 nitrogen and oxygen atoms in total. The van der Waals surface area contributed by atoms with E-state index in [-0.39, 0.29) is 24.3 Å². The first-order valence-corrected chi connectivity index (χ1v) is 7.23. The summed E-state index contributed by atoms with van der Waals surface area (Å²) in [5.74, 6) is -0.0254. The zero-order valence-electron chi connectivity index (χ0n) is 11.7. The van der Waals surface area contributed by atoms with Gasteiger partial charge in [-0.3, -0.25) is 9.59 Å². The Hall–Kier alpha value is -1.55. The second kappa shape index (κ2) is 6.27. The van der Waals surface area contributed by atoms with Crippen molar-refractivity contribution in [3.8, 4) is 0 Å². The highest BCUT2D eigenvalue weighted by Gasteiger charge is 2.37. The average Bonchev–Trinajstić information content (AvgIpc) is 2.44. The van der Waals surface area contributed by atoms with Crippen LogP contribution in [0.15, 0.2) is 24.3 Å². The van der Waals surface area contributed by atoms with Crippen molar-refractivity contribution in [3.63, 3.8) is 0 Å². The van der Waals surface area contributed by atoms with Crippen molar-refractivity contribution < 1.29 is 9.59 Å². The molecule has 2 unspecified atom stereocenters. The predicted molar refractivity (Wildman–Crippen MR) is 78.3 cm³/mol. The van der Waals surface area contributed by atoms with Gasteiger partial charge in [0.05, 0.1) is 6.54 Å². The lowest BCUT2D eigenvalue weighted by Gasteiger charge is -2.38. The average molecular weight is 295 g/mol. The number of carbonyl (C=O) groups is 2. The first-order chi connectivity index (χ1) is 9.54. The van der Waals surface area contributed by atoms with Crippen LogP contribution in [0.2, 0.25) is 5.02 Å². The molecule has 1 N–H and O–H groups in total. The Morgan fingerprint density at radius 1 is 1.40 bits per heavy atom. The normalized spacial score (nSPS) is 20.8. The SMILES string of the molecule is CCC(C)C1C(=O)NCC(=O)N1Cc1ccccc1Cl. The Kier molecular flexibility index (Phi) is 4.65. The molecule has 1 aromatic carbocycles. The maximum absolute atomic E-state index is 12.2. The summed E-state index contributed by atoms with van der Waals surface area (Å²) in [6.45, 7) is 4.45. The number of benzene rings is 1. The molecular formula is C15H19ClN2O2. The monoisotopic (exact) mass is 294 g/mol. The fourth-order valence-electron chi connectivity index (χ4n) is 2.45. The maximum Gasteiger partial charge on any atom is 0.243 e. The van der Waals surface area contributed by atoms with Gasteiger partial charge in [0, 0.05) is 11.6 Å². The van der Waals surface area contributed by atoms with Crippen LogP contribution < -0.4 is 5.32 Å². The molecule has 0 bridgehead atoms. The van der Waals surface area contributed by atoms with Gasteiger partial charge < -0.3 is 10.2 Å². The van der Waals surface area contributed by atoms with Gasteiger partial charge >= 0.3 is 0 Å². The van der Waals surface area contributed by atoms with Crippen LogP contribution in [0, 0.1) is 5.92 Å². The molecule has 20 heavy (non-hydrogen) atoms. The van der Waals surface area contributed by atoms with Crippen molar-refractivity contribution in [2.75, 3.05) is 6.54 Å². The van der Waals surface area contributed by atoms with E-state index in [0.29, 0.717) is 11.6 Å². The maximum atomic E-state index is 12.2. The van der Waals surface area contributed by atoms with E-state index in [1.165, 1.54) is 0 Å². The van der Waals surface area contributed by atoms with Crippen LogP contribution >= 0.6 is 11.6 Å². The zero-order valence-corrected chi connectivity index (χ0v) is 12.5. The number of rotatable bonds is 4. The summed E-state index contributed by atoms with van der Waals surface area (Å²) >= 11 is 6.15. The molecule has 1 heterocycles. The molecule has 0 spiro atoms. The van der Waals surface area contributed by atoms with E-state index in [4.69, 9.17) is 11.6 Å². The quantitative estimate of drug-likeness (QED) is 0.925. The van der Waals surface area contributed by atoms with Gasteiger partial charge in [0.1, 0.15) is 6.04 Å². The highest BCUT2D eigenvalue weighted by Crippen LogP contribution is 2.23. The van der Waals surface area contributed by atoms with E-state index < -0.39 is 6.04 Å². The van der Waals surface area contributed by atoms with Crippen LogP contribution in [0.25, 0.3) is 0 Å². The highest BCUT2D eigenvalue weighted by molar-refractivity contribution is 6.31. The van der Waals surface area contributed by atoms with Gasteiger partial charge in [-0.1, -0.05) is 50.1 Å². The molecule has 5 heteroatoms. The van der Waals surface area contributed by atoms with Gasteiger partial charge in [-0.2, -0.15) is 0 Å². The minimum Gasteiger partial charge on any atom is -0.345 e. The Balaban J connectivity index is 2.27. The van der Waals surface area contributed by atoms with Gasteiger partial charge in [-0.05, 0) is 17.5 Å². The van der Waals surface area contributed by atoms with E-state index in [2.05, 4.69) is 5.32 Å². The van der Waals surface area contributed by atoms with Crippen LogP contribution in [-0.4, -0.2) is 29.3 Å². The number of hydrogen-bond acceptors (Lipinski definition) is 2. The van der Waals surface area contributed by atoms with Gasteiger partial charge in [0.2, 0.25) is 11.8 Å². The number of amides is 2. The van der Waals surface area contributed by atoms with E-state index in [0.717, 1.165) is 12.0 Å². The molecule has 108 valence electrons. The van der Waals surface area contributed by atoms with Crippen molar-refractivity contribution in [2.45, 2.75) is 32.9 Å². The van der Waals surface area contributed by atoms with Crippen LogP contribution in [0.3, 0.4) is 0 Å². The summed E-state index contributed by atoms with van der Waals surface area (Å²) in [7, 11) is 0. The number of nitrogens with zero attached hydrogens (tertiary/aromatic N) is 1. The molecule has 1 aliphatic heterocycles. The Labute approximate surface area is 124 Å². The van der Waals surface area contributed by atoms with E-state index in [9.17, 15) is 9.59 Å². The summed E-state index contributed by atoms with van der Waals surface area (Å²) < 4.78 is 0. The molecule has 0 aromatic heterocycles. The third kappa shape index (κ3) is 2.96. The standard InChI is InChI=1S/C15H19ClN2O2/c1-3-10(2)14-15(20)17-8-13(19)18(14)9-11-6-4-5-7-12(11)16/h4-7,10,14H,3,8-9H2,1-2H3,(H,17,20). The lowest BCUT2D eigenvalue weighted by atomic mass is 9.94. The summed E-state index contributed by atoms with van der Waals surface area (Å²) in [4.78, 5) is 25.9. The van der Waals surface area contributed by atoms with Crippen LogP contribution in [0.5, 0.6) is 0 Å². The minimum atomic E-state index is -0.419. The second-order valence-corrected chi connectivity index (χ2v) is 5.57. The number of hydrogen-bond donors (Lipinski definition) is 1. The summed E-state index contributed by atoms with van der Waals surface area (Å²) in [5.41, 5.74) is 0.866. The Morgan fingerprint density at radius 3 is 2.75 bits per heavy atom. The van der Waals surface area contributed by atoms with Gasteiger partial charge in [-0.15, -0.1) is 0 Å².